The Morgan fingerprint density at radius 1 is 1.03 bits per heavy atom. The lowest BCUT2D eigenvalue weighted by atomic mass is 9.87. The minimum absolute atomic E-state index is 0.0293. The van der Waals surface area contributed by atoms with Gasteiger partial charge in [0.15, 0.2) is 0 Å². The van der Waals surface area contributed by atoms with E-state index in [0.717, 1.165) is 37.4 Å². The highest BCUT2D eigenvalue weighted by atomic mass is 16.2. The molecular formula is C25H35N3O. The van der Waals surface area contributed by atoms with E-state index < -0.39 is 0 Å². The van der Waals surface area contributed by atoms with Gasteiger partial charge < -0.3 is 15.1 Å². The van der Waals surface area contributed by atoms with E-state index in [4.69, 9.17) is 0 Å². The second-order valence-electron chi connectivity index (χ2n) is 9.16. The lowest BCUT2D eigenvalue weighted by Crippen LogP contribution is -2.40. The average Bonchev–Trinajstić information content (AvgIpc) is 3.20. The molecule has 1 saturated heterocycles. The van der Waals surface area contributed by atoms with E-state index in [9.17, 15) is 4.79 Å². The SMILES string of the molecule is Cc1ccccc1NC(=O)N(CCN1CCCC1)Cc1ccc(C(C)(C)C)cc1. The second-order valence-corrected chi connectivity index (χ2v) is 9.16. The maximum atomic E-state index is 13.1. The van der Waals surface area contributed by atoms with Gasteiger partial charge >= 0.3 is 6.03 Å². The Morgan fingerprint density at radius 2 is 1.69 bits per heavy atom. The highest BCUT2D eigenvalue weighted by molar-refractivity contribution is 5.90. The van der Waals surface area contributed by atoms with Crippen LogP contribution in [0, 0.1) is 6.92 Å². The van der Waals surface area contributed by atoms with Gasteiger partial charge in [-0.05, 0) is 61.0 Å². The van der Waals surface area contributed by atoms with E-state index in [0.29, 0.717) is 6.54 Å². The number of para-hydroxylation sites is 1. The number of hydrogen-bond donors (Lipinski definition) is 1. The first-order valence-corrected chi connectivity index (χ1v) is 10.8. The molecule has 156 valence electrons. The van der Waals surface area contributed by atoms with Crippen molar-refractivity contribution in [2.24, 2.45) is 0 Å². The first-order valence-electron chi connectivity index (χ1n) is 10.8. The zero-order chi connectivity index (χ0) is 20.9. The summed E-state index contributed by atoms with van der Waals surface area (Å²) in [6, 6.07) is 16.6. The van der Waals surface area contributed by atoms with E-state index in [2.05, 4.69) is 55.3 Å². The molecule has 1 aliphatic heterocycles. The summed E-state index contributed by atoms with van der Waals surface area (Å²) >= 11 is 0. The van der Waals surface area contributed by atoms with Crippen molar-refractivity contribution in [2.45, 2.75) is 52.5 Å². The summed E-state index contributed by atoms with van der Waals surface area (Å²) in [4.78, 5) is 17.5. The van der Waals surface area contributed by atoms with E-state index in [1.54, 1.807) is 0 Å². The van der Waals surface area contributed by atoms with Crippen molar-refractivity contribution in [1.29, 1.82) is 0 Å². The van der Waals surface area contributed by atoms with Gasteiger partial charge in [0.1, 0.15) is 0 Å². The number of nitrogens with one attached hydrogen (secondary N) is 1. The fourth-order valence-corrected chi connectivity index (χ4v) is 3.76. The molecule has 2 aromatic carbocycles. The number of hydrogen-bond acceptors (Lipinski definition) is 2. The van der Waals surface area contributed by atoms with Crippen molar-refractivity contribution in [3.63, 3.8) is 0 Å². The molecule has 0 radical (unpaired) electrons. The molecule has 0 spiro atoms. The number of aryl methyl sites for hydroxylation is 1. The standard InChI is InChI=1S/C25H35N3O/c1-20-9-5-6-10-23(20)26-24(29)28(18-17-27-15-7-8-16-27)19-21-11-13-22(14-12-21)25(2,3)4/h5-6,9-14H,7-8,15-19H2,1-4H3,(H,26,29). The Balaban J connectivity index is 1.71. The Hall–Kier alpha value is -2.33. The average molecular weight is 394 g/mol. The van der Waals surface area contributed by atoms with Gasteiger partial charge in [0.25, 0.3) is 0 Å². The lowest BCUT2D eigenvalue weighted by Gasteiger charge is -2.27. The van der Waals surface area contributed by atoms with Gasteiger partial charge in [0, 0.05) is 25.3 Å². The van der Waals surface area contributed by atoms with Crippen molar-refractivity contribution in [2.75, 3.05) is 31.5 Å². The summed E-state index contributed by atoms with van der Waals surface area (Å²) in [5.74, 6) is 0. The van der Waals surface area contributed by atoms with E-state index in [1.807, 2.05) is 36.1 Å². The number of likely N-dealkylation sites (tertiary alicyclic amines) is 1. The predicted molar refractivity (Wildman–Crippen MR) is 121 cm³/mol. The van der Waals surface area contributed by atoms with Gasteiger partial charge in [-0.15, -0.1) is 0 Å². The molecule has 3 rings (SSSR count). The largest absolute Gasteiger partial charge is 0.322 e. The molecule has 1 fully saturated rings. The fourth-order valence-electron chi connectivity index (χ4n) is 3.76. The molecule has 1 heterocycles. The summed E-state index contributed by atoms with van der Waals surface area (Å²) in [5.41, 5.74) is 4.58. The van der Waals surface area contributed by atoms with Crippen LogP contribution in [0.15, 0.2) is 48.5 Å². The van der Waals surface area contributed by atoms with Crippen molar-refractivity contribution in [3.8, 4) is 0 Å². The third kappa shape index (κ3) is 6.07. The van der Waals surface area contributed by atoms with Crippen LogP contribution in [0.25, 0.3) is 0 Å². The monoisotopic (exact) mass is 393 g/mol. The van der Waals surface area contributed by atoms with Crippen LogP contribution in [-0.4, -0.2) is 42.0 Å². The quantitative estimate of drug-likeness (QED) is 0.711. The molecule has 2 aromatic rings. The third-order valence-electron chi connectivity index (χ3n) is 5.75. The van der Waals surface area contributed by atoms with Crippen molar-refractivity contribution in [3.05, 3.63) is 65.2 Å². The Kier molecular flexibility index (Phi) is 6.96. The number of urea groups is 1. The zero-order valence-corrected chi connectivity index (χ0v) is 18.4. The molecule has 0 aliphatic carbocycles. The van der Waals surface area contributed by atoms with E-state index in [-0.39, 0.29) is 11.4 Å². The zero-order valence-electron chi connectivity index (χ0n) is 18.4. The molecule has 29 heavy (non-hydrogen) atoms. The number of nitrogens with zero attached hydrogens (tertiary/aromatic N) is 2. The van der Waals surface area contributed by atoms with Crippen molar-refractivity contribution in [1.82, 2.24) is 9.80 Å². The normalized spacial score (nSPS) is 14.8. The van der Waals surface area contributed by atoms with Gasteiger partial charge in [-0.3, -0.25) is 0 Å². The molecule has 0 aromatic heterocycles. The third-order valence-corrected chi connectivity index (χ3v) is 5.75. The van der Waals surface area contributed by atoms with Crippen LogP contribution in [0.4, 0.5) is 10.5 Å². The number of rotatable bonds is 6. The maximum absolute atomic E-state index is 13.1. The molecule has 4 heteroatoms. The smallest absolute Gasteiger partial charge is 0.319 e. The molecule has 1 N–H and O–H groups in total. The van der Waals surface area contributed by atoms with Gasteiger partial charge in [-0.25, -0.2) is 4.79 Å². The van der Waals surface area contributed by atoms with Gasteiger partial charge in [0.2, 0.25) is 0 Å². The molecule has 0 atom stereocenters. The van der Waals surface area contributed by atoms with Crippen molar-refractivity contribution >= 4 is 11.7 Å². The van der Waals surface area contributed by atoms with Crippen LogP contribution in [0.2, 0.25) is 0 Å². The molecule has 0 saturated carbocycles. The first kappa shape index (κ1) is 21.4. The Labute approximate surface area is 175 Å². The minimum atomic E-state index is -0.0293. The second kappa shape index (κ2) is 9.45. The summed E-state index contributed by atoms with van der Waals surface area (Å²) in [5, 5.41) is 3.11. The molecular weight excluding hydrogens is 358 g/mol. The Bertz CT molecular complexity index is 802. The highest BCUT2D eigenvalue weighted by Crippen LogP contribution is 2.23. The van der Waals surface area contributed by atoms with Crippen LogP contribution >= 0.6 is 0 Å². The molecule has 4 nitrogen and oxygen atoms in total. The summed E-state index contributed by atoms with van der Waals surface area (Å²) < 4.78 is 0. The molecule has 0 unspecified atom stereocenters. The van der Waals surface area contributed by atoms with Crippen LogP contribution in [0.5, 0.6) is 0 Å². The Morgan fingerprint density at radius 3 is 2.31 bits per heavy atom. The minimum Gasteiger partial charge on any atom is -0.319 e. The summed E-state index contributed by atoms with van der Waals surface area (Å²) in [7, 11) is 0. The maximum Gasteiger partial charge on any atom is 0.322 e. The number of benzene rings is 2. The van der Waals surface area contributed by atoms with Crippen molar-refractivity contribution < 1.29 is 4.79 Å². The van der Waals surface area contributed by atoms with Crippen LogP contribution in [-0.2, 0) is 12.0 Å². The van der Waals surface area contributed by atoms with E-state index >= 15 is 0 Å². The molecule has 2 amide bonds. The highest BCUT2D eigenvalue weighted by Gasteiger charge is 2.19. The topological polar surface area (TPSA) is 35.6 Å². The fraction of sp³-hybridized carbons (Fsp3) is 0.480. The van der Waals surface area contributed by atoms with Gasteiger partial charge in [-0.1, -0.05) is 63.2 Å². The summed E-state index contributed by atoms with van der Waals surface area (Å²) in [6.45, 7) is 13.3. The number of amides is 2. The van der Waals surface area contributed by atoms with E-state index in [1.165, 1.54) is 24.0 Å². The number of carbonyl (C=O) groups excluding carboxylic acids is 1. The lowest BCUT2D eigenvalue weighted by molar-refractivity contribution is 0.198. The molecule has 1 aliphatic rings. The van der Waals surface area contributed by atoms with Crippen LogP contribution < -0.4 is 5.32 Å². The predicted octanol–water partition coefficient (Wildman–Crippen LogP) is 5.42. The van der Waals surface area contributed by atoms with Crippen LogP contribution in [0.3, 0.4) is 0 Å². The first-order chi connectivity index (χ1) is 13.8. The molecule has 0 bridgehead atoms. The summed E-state index contributed by atoms with van der Waals surface area (Å²) in [6.07, 6.45) is 2.54. The number of anilines is 1. The van der Waals surface area contributed by atoms with Gasteiger partial charge in [0.05, 0.1) is 0 Å². The van der Waals surface area contributed by atoms with Crippen LogP contribution in [0.1, 0.15) is 50.3 Å². The number of carbonyl (C=O) groups is 1. The van der Waals surface area contributed by atoms with Gasteiger partial charge in [-0.2, -0.15) is 0 Å².